The maximum absolute atomic E-state index is 13.9. The number of sulfonamides is 1. The molecule has 0 unspecified atom stereocenters. The van der Waals surface area contributed by atoms with Crippen LogP contribution in [0.3, 0.4) is 0 Å². The van der Waals surface area contributed by atoms with Gasteiger partial charge in [0.2, 0.25) is 15.9 Å². The summed E-state index contributed by atoms with van der Waals surface area (Å²) in [6.07, 6.45) is 2.42. The van der Waals surface area contributed by atoms with Crippen molar-refractivity contribution < 1.29 is 22.3 Å². The molecule has 1 aliphatic rings. The lowest BCUT2D eigenvalue weighted by atomic mass is 9.96. The lowest BCUT2D eigenvalue weighted by Gasteiger charge is -2.33. The molecule has 0 radical (unpaired) electrons. The van der Waals surface area contributed by atoms with E-state index in [1.165, 1.54) is 27.8 Å². The zero-order chi connectivity index (χ0) is 26.9. The van der Waals surface area contributed by atoms with Gasteiger partial charge in [-0.25, -0.2) is 17.8 Å². The fourth-order valence-electron chi connectivity index (χ4n) is 4.59. The van der Waals surface area contributed by atoms with Crippen LogP contribution in [0.4, 0.5) is 9.52 Å². The van der Waals surface area contributed by atoms with Crippen molar-refractivity contribution in [3.63, 3.8) is 0 Å². The molecule has 198 valence electrons. The Kier molecular flexibility index (Phi) is 7.42. The van der Waals surface area contributed by atoms with Gasteiger partial charge in [-0.3, -0.25) is 14.7 Å². The standard InChI is InChI=1S/C27H27FN4O4S2/c1-18-6-11-23(36-2)24-25(18)37-27(30-24)32(17-21-5-3-4-14-29-21)26(33)19-12-15-31(16-13-19)38(34,35)22-9-7-20(28)8-10-22/h3-11,14,19H,12-13,15-17H2,1-2H3. The van der Waals surface area contributed by atoms with E-state index in [1.54, 1.807) is 18.2 Å². The maximum Gasteiger partial charge on any atom is 0.243 e. The van der Waals surface area contributed by atoms with E-state index in [0.717, 1.165) is 28.1 Å². The number of halogens is 1. The number of thiazole rings is 1. The predicted octanol–water partition coefficient (Wildman–Crippen LogP) is 4.78. The highest BCUT2D eigenvalue weighted by molar-refractivity contribution is 7.89. The smallest absolute Gasteiger partial charge is 0.243 e. The molecule has 1 aliphatic heterocycles. The number of hydrogen-bond acceptors (Lipinski definition) is 7. The van der Waals surface area contributed by atoms with Crippen LogP contribution in [-0.2, 0) is 21.4 Å². The van der Waals surface area contributed by atoms with Gasteiger partial charge in [0, 0.05) is 25.2 Å². The van der Waals surface area contributed by atoms with Crippen LogP contribution in [0.5, 0.6) is 5.75 Å². The first-order valence-electron chi connectivity index (χ1n) is 12.2. The first-order valence-corrected chi connectivity index (χ1v) is 14.4. The van der Waals surface area contributed by atoms with Crippen molar-refractivity contribution >= 4 is 42.6 Å². The van der Waals surface area contributed by atoms with E-state index < -0.39 is 15.8 Å². The highest BCUT2D eigenvalue weighted by atomic mass is 32.2. The average Bonchev–Trinajstić information content (AvgIpc) is 3.39. The van der Waals surface area contributed by atoms with E-state index in [9.17, 15) is 17.6 Å². The van der Waals surface area contributed by atoms with Crippen molar-refractivity contribution in [2.24, 2.45) is 5.92 Å². The van der Waals surface area contributed by atoms with E-state index in [4.69, 9.17) is 9.72 Å². The molecule has 0 atom stereocenters. The van der Waals surface area contributed by atoms with Gasteiger partial charge in [0.05, 0.1) is 28.9 Å². The number of rotatable bonds is 7. The Balaban J connectivity index is 1.40. The van der Waals surface area contributed by atoms with Crippen LogP contribution in [0, 0.1) is 18.7 Å². The quantitative estimate of drug-likeness (QED) is 0.327. The Hall–Kier alpha value is -3.41. The summed E-state index contributed by atoms with van der Waals surface area (Å²) in [7, 11) is -2.18. The molecule has 8 nitrogen and oxygen atoms in total. The van der Waals surface area contributed by atoms with Crippen LogP contribution < -0.4 is 9.64 Å². The zero-order valence-corrected chi connectivity index (χ0v) is 22.6. The fraction of sp³-hybridized carbons (Fsp3) is 0.296. The second kappa shape index (κ2) is 10.8. The Bertz CT molecular complexity index is 1550. The third-order valence-corrected chi connectivity index (χ3v) is 9.84. The number of nitrogens with zero attached hydrogens (tertiary/aromatic N) is 4. The summed E-state index contributed by atoms with van der Waals surface area (Å²) in [5, 5.41) is 0.546. The molecule has 0 saturated carbocycles. The molecule has 3 heterocycles. The molecule has 0 spiro atoms. The zero-order valence-electron chi connectivity index (χ0n) is 21.0. The average molecular weight is 555 g/mol. The molecule has 5 rings (SSSR count). The minimum absolute atomic E-state index is 0.0410. The number of hydrogen-bond donors (Lipinski definition) is 0. The van der Waals surface area contributed by atoms with E-state index in [2.05, 4.69) is 4.98 Å². The number of aryl methyl sites for hydroxylation is 1. The van der Waals surface area contributed by atoms with Crippen LogP contribution in [0.1, 0.15) is 24.1 Å². The van der Waals surface area contributed by atoms with Gasteiger partial charge in [0.15, 0.2) is 5.13 Å². The van der Waals surface area contributed by atoms with Crippen molar-refractivity contribution in [1.82, 2.24) is 14.3 Å². The summed E-state index contributed by atoms with van der Waals surface area (Å²) < 4.78 is 47.2. The van der Waals surface area contributed by atoms with Crippen molar-refractivity contribution in [2.75, 3.05) is 25.1 Å². The molecule has 1 saturated heterocycles. The maximum atomic E-state index is 13.9. The number of amides is 1. The second-order valence-corrected chi connectivity index (χ2v) is 12.1. The number of carbonyl (C=O) groups is 1. The summed E-state index contributed by atoms with van der Waals surface area (Å²) in [5.41, 5.74) is 2.46. The van der Waals surface area contributed by atoms with Gasteiger partial charge in [-0.2, -0.15) is 4.31 Å². The van der Waals surface area contributed by atoms with E-state index in [1.807, 2.05) is 37.3 Å². The Morgan fingerprint density at radius 3 is 2.53 bits per heavy atom. The molecule has 11 heteroatoms. The first kappa shape index (κ1) is 26.2. The van der Waals surface area contributed by atoms with Crippen LogP contribution >= 0.6 is 11.3 Å². The number of benzene rings is 2. The second-order valence-electron chi connectivity index (χ2n) is 9.14. The Morgan fingerprint density at radius 2 is 1.87 bits per heavy atom. The number of fused-ring (bicyclic) bond motifs is 1. The molecule has 2 aromatic heterocycles. The molecule has 0 N–H and O–H groups in total. The van der Waals surface area contributed by atoms with Gasteiger partial charge in [-0.1, -0.05) is 23.5 Å². The Morgan fingerprint density at radius 1 is 1.13 bits per heavy atom. The van der Waals surface area contributed by atoms with Crippen molar-refractivity contribution in [2.45, 2.75) is 31.2 Å². The van der Waals surface area contributed by atoms with Crippen LogP contribution in [-0.4, -0.2) is 48.8 Å². The minimum atomic E-state index is -3.77. The molecule has 1 fully saturated rings. The van der Waals surface area contributed by atoms with Crippen molar-refractivity contribution in [1.29, 1.82) is 0 Å². The van der Waals surface area contributed by atoms with E-state index in [-0.39, 0.29) is 36.4 Å². The summed E-state index contributed by atoms with van der Waals surface area (Å²) in [5.74, 6) is -0.361. The third kappa shape index (κ3) is 5.13. The molecule has 2 aromatic carbocycles. The topological polar surface area (TPSA) is 92.7 Å². The van der Waals surface area contributed by atoms with Gasteiger partial charge >= 0.3 is 0 Å². The van der Waals surface area contributed by atoms with Crippen LogP contribution in [0.25, 0.3) is 10.2 Å². The largest absolute Gasteiger partial charge is 0.494 e. The lowest BCUT2D eigenvalue weighted by Crippen LogP contribution is -2.44. The molecular formula is C27H27FN4O4S2. The predicted molar refractivity (Wildman–Crippen MR) is 144 cm³/mol. The third-order valence-electron chi connectivity index (χ3n) is 6.71. The van der Waals surface area contributed by atoms with Gasteiger partial charge in [0.25, 0.3) is 0 Å². The SMILES string of the molecule is COc1ccc(C)c2sc(N(Cc3ccccn3)C(=O)C3CCN(S(=O)(=O)c4ccc(F)cc4)CC3)nc12. The van der Waals surface area contributed by atoms with Crippen LogP contribution in [0.2, 0.25) is 0 Å². The van der Waals surface area contributed by atoms with E-state index in [0.29, 0.717) is 29.2 Å². The number of aromatic nitrogens is 2. The summed E-state index contributed by atoms with van der Waals surface area (Å²) in [6.45, 7) is 2.63. The lowest BCUT2D eigenvalue weighted by molar-refractivity contribution is -0.123. The van der Waals surface area contributed by atoms with Crippen molar-refractivity contribution in [3.8, 4) is 5.75 Å². The van der Waals surface area contributed by atoms with Crippen molar-refractivity contribution in [3.05, 3.63) is 77.9 Å². The van der Waals surface area contributed by atoms with Gasteiger partial charge < -0.3 is 4.74 Å². The van der Waals surface area contributed by atoms with Gasteiger partial charge in [-0.15, -0.1) is 0 Å². The van der Waals surface area contributed by atoms with Gasteiger partial charge in [-0.05, 0) is 67.8 Å². The van der Waals surface area contributed by atoms with Crippen LogP contribution in [0.15, 0.2) is 65.7 Å². The highest BCUT2D eigenvalue weighted by Gasteiger charge is 2.35. The molecule has 0 bridgehead atoms. The number of methoxy groups -OCH3 is 1. The number of carbonyl (C=O) groups excluding carboxylic acids is 1. The summed E-state index contributed by atoms with van der Waals surface area (Å²) in [4.78, 5) is 24.8. The number of piperidine rings is 1. The fourth-order valence-corrected chi connectivity index (χ4v) is 7.12. The van der Waals surface area contributed by atoms with E-state index >= 15 is 0 Å². The molecular weight excluding hydrogens is 527 g/mol. The summed E-state index contributed by atoms with van der Waals surface area (Å²) in [6, 6.07) is 14.2. The number of anilines is 1. The highest BCUT2D eigenvalue weighted by Crippen LogP contribution is 2.38. The normalized spacial score (nSPS) is 15.0. The first-order chi connectivity index (χ1) is 18.3. The number of ether oxygens (including phenoxy) is 1. The molecule has 4 aromatic rings. The minimum Gasteiger partial charge on any atom is -0.494 e. The summed E-state index contributed by atoms with van der Waals surface area (Å²) >= 11 is 1.43. The van der Waals surface area contributed by atoms with Gasteiger partial charge in [0.1, 0.15) is 17.1 Å². The number of pyridine rings is 1. The monoisotopic (exact) mass is 554 g/mol. The molecule has 1 amide bonds. The molecule has 0 aliphatic carbocycles. The Labute approximate surface area is 224 Å². The molecule has 38 heavy (non-hydrogen) atoms.